The Morgan fingerprint density at radius 2 is 2.15 bits per heavy atom. The molecular formula is C11H19NO. The molecule has 0 spiro atoms. The van der Waals surface area contributed by atoms with Gasteiger partial charge in [-0.25, -0.2) is 0 Å². The van der Waals surface area contributed by atoms with E-state index in [1.54, 1.807) is 11.1 Å². The van der Waals surface area contributed by atoms with Gasteiger partial charge in [0.25, 0.3) is 0 Å². The lowest BCUT2D eigenvalue weighted by molar-refractivity contribution is 0.118. The van der Waals surface area contributed by atoms with Crippen molar-refractivity contribution in [2.45, 2.75) is 38.6 Å². The second-order valence-corrected chi connectivity index (χ2v) is 4.05. The van der Waals surface area contributed by atoms with Crippen molar-refractivity contribution in [2.24, 2.45) is 0 Å². The summed E-state index contributed by atoms with van der Waals surface area (Å²) in [6.07, 6.45) is 4.98. The topological polar surface area (TPSA) is 21.3 Å². The minimum absolute atomic E-state index is 0.674. The van der Waals surface area contributed by atoms with Crippen molar-refractivity contribution < 1.29 is 4.74 Å². The van der Waals surface area contributed by atoms with E-state index in [9.17, 15) is 0 Å². The molecule has 0 saturated carbocycles. The highest BCUT2D eigenvalue weighted by molar-refractivity contribution is 5.20. The van der Waals surface area contributed by atoms with Gasteiger partial charge in [0.05, 0.1) is 13.2 Å². The second-order valence-electron chi connectivity index (χ2n) is 4.05. The summed E-state index contributed by atoms with van der Waals surface area (Å²) < 4.78 is 5.36. The molecule has 0 aromatic rings. The summed E-state index contributed by atoms with van der Waals surface area (Å²) in [7, 11) is 0. The van der Waals surface area contributed by atoms with Crippen LogP contribution in [0.4, 0.5) is 0 Å². The number of ether oxygens (including phenoxy) is 1. The molecule has 2 rings (SSSR count). The van der Waals surface area contributed by atoms with E-state index in [0.29, 0.717) is 6.04 Å². The maximum absolute atomic E-state index is 5.36. The van der Waals surface area contributed by atoms with Gasteiger partial charge in [-0.05, 0) is 39.2 Å². The first-order valence-electron chi connectivity index (χ1n) is 5.37. The first-order valence-corrected chi connectivity index (χ1v) is 5.37. The summed E-state index contributed by atoms with van der Waals surface area (Å²) in [4.78, 5) is 0. The van der Waals surface area contributed by atoms with Gasteiger partial charge in [-0.3, -0.25) is 0 Å². The lowest BCUT2D eigenvalue weighted by Gasteiger charge is -2.21. The molecule has 0 bridgehead atoms. The summed E-state index contributed by atoms with van der Waals surface area (Å²) >= 11 is 0. The van der Waals surface area contributed by atoms with E-state index in [1.165, 1.54) is 19.4 Å². The van der Waals surface area contributed by atoms with Gasteiger partial charge in [-0.15, -0.1) is 0 Å². The van der Waals surface area contributed by atoms with E-state index in [4.69, 9.17) is 4.74 Å². The molecule has 1 atom stereocenters. The maximum Gasteiger partial charge on any atom is 0.0503 e. The van der Waals surface area contributed by atoms with Crippen LogP contribution in [0.15, 0.2) is 11.1 Å². The van der Waals surface area contributed by atoms with Gasteiger partial charge < -0.3 is 10.1 Å². The molecule has 2 heterocycles. The number of rotatable bonds is 1. The molecule has 0 amide bonds. The fraction of sp³-hybridized carbons (Fsp3) is 0.818. The normalized spacial score (nSPS) is 29.3. The monoisotopic (exact) mass is 181 g/mol. The fourth-order valence-corrected chi connectivity index (χ4v) is 2.31. The summed E-state index contributed by atoms with van der Waals surface area (Å²) in [5, 5.41) is 3.55. The van der Waals surface area contributed by atoms with Crippen LogP contribution in [-0.4, -0.2) is 25.8 Å². The van der Waals surface area contributed by atoms with E-state index in [0.717, 1.165) is 26.1 Å². The maximum atomic E-state index is 5.36. The number of nitrogens with one attached hydrogen (secondary N) is 1. The van der Waals surface area contributed by atoms with Crippen LogP contribution in [-0.2, 0) is 4.74 Å². The van der Waals surface area contributed by atoms with Crippen molar-refractivity contribution in [1.82, 2.24) is 5.32 Å². The smallest absolute Gasteiger partial charge is 0.0503 e. The van der Waals surface area contributed by atoms with E-state index in [-0.39, 0.29) is 0 Å². The Kier molecular flexibility index (Phi) is 3.01. The molecule has 0 aliphatic carbocycles. The van der Waals surface area contributed by atoms with Crippen LogP contribution in [0.25, 0.3) is 0 Å². The van der Waals surface area contributed by atoms with Gasteiger partial charge in [-0.1, -0.05) is 11.1 Å². The van der Waals surface area contributed by atoms with Crippen LogP contribution in [0.2, 0.25) is 0 Å². The predicted molar refractivity (Wildman–Crippen MR) is 53.8 cm³/mol. The van der Waals surface area contributed by atoms with Crippen molar-refractivity contribution in [1.29, 1.82) is 0 Å². The highest BCUT2D eigenvalue weighted by Gasteiger charge is 2.19. The zero-order valence-electron chi connectivity index (χ0n) is 8.44. The van der Waals surface area contributed by atoms with Gasteiger partial charge in [-0.2, -0.15) is 0 Å². The van der Waals surface area contributed by atoms with Crippen LogP contribution in [0.3, 0.4) is 0 Å². The molecule has 2 saturated heterocycles. The van der Waals surface area contributed by atoms with Gasteiger partial charge in [0, 0.05) is 6.04 Å². The Morgan fingerprint density at radius 3 is 2.77 bits per heavy atom. The van der Waals surface area contributed by atoms with Gasteiger partial charge >= 0.3 is 0 Å². The third kappa shape index (κ3) is 2.12. The predicted octanol–water partition coefficient (Wildman–Crippen LogP) is 1.87. The number of hydrogen-bond donors (Lipinski definition) is 1. The molecule has 2 nitrogen and oxygen atoms in total. The fourth-order valence-electron chi connectivity index (χ4n) is 2.31. The van der Waals surface area contributed by atoms with Crippen molar-refractivity contribution in [2.75, 3.05) is 19.8 Å². The molecule has 13 heavy (non-hydrogen) atoms. The van der Waals surface area contributed by atoms with E-state index in [2.05, 4.69) is 12.2 Å². The van der Waals surface area contributed by atoms with E-state index >= 15 is 0 Å². The molecule has 2 aliphatic rings. The molecule has 0 aromatic heterocycles. The average Bonchev–Trinajstić information content (AvgIpc) is 2.71. The minimum atomic E-state index is 0.674. The van der Waals surface area contributed by atoms with Crippen molar-refractivity contribution in [3.05, 3.63) is 11.1 Å². The molecule has 2 heteroatoms. The number of hydrogen-bond acceptors (Lipinski definition) is 2. The van der Waals surface area contributed by atoms with E-state index < -0.39 is 0 Å². The van der Waals surface area contributed by atoms with Gasteiger partial charge in [0.15, 0.2) is 0 Å². The molecule has 1 N–H and O–H groups in total. The quantitative estimate of drug-likeness (QED) is 0.623. The molecular weight excluding hydrogens is 162 g/mol. The first kappa shape index (κ1) is 9.22. The lowest BCUT2D eigenvalue weighted by atomic mass is 9.96. The standard InChI is InChI=1S/C11H19NO/c1-9(11-3-2-6-12-11)10-4-7-13-8-5-10/h11-12H,2-8H2,1H3. The van der Waals surface area contributed by atoms with E-state index in [1.807, 2.05) is 0 Å². The second kappa shape index (κ2) is 4.25. The highest BCUT2D eigenvalue weighted by Crippen LogP contribution is 2.23. The van der Waals surface area contributed by atoms with Crippen LogP contribution >= 0.6 is 0 Å². The van der Waals surface area contributed by atoms with Crippen molar-refractivity contribution in [3.8, 4) is 0 Å². The Labute approximate surface area is 80.4 Å². The zero-order valence-corrected chi connectivity index (χ0v) is 8.44. The van der Waals surface area contributed by atoms with Gasteiger partial charge in [0.1, 0.15) is 0 Å². The Balaban J connectivity index is 2.02. The molecule has 0 radical (unpaired) electrons. The summed E-state index contributed by atoms with van der Waals surface area (Å²) in [6, 6.07) is 0.674. The molecule has 74 valence electrons. The molecule has 1 unspecified atom stereocenters. The third-order valence-corrected chi connectivity index (χ3v) is 3.24. The van der Waals surface area contributed by atoms with Crippen LogP contribution in [0.5, 0.6) is 0 Å². The van der Waals surface area contributed by atoms with Crippen molar-refractivity contribution in [3.63, 3.8) is 0 Å². The third-order valence-electron chi connectivity index (χ3n) is 3.24. The Morgan fingerprint density at radius 1 is 1.38 bits per heavy atom. The zero-order chi connectivity index (χ0) is 9.10. The Hall–Kier alpha value is -0.340. The van der Waals surface area contributed by atoms with Gasteiger partial charge in [0.2, 0.25) is 0 Å². The minimum Gasteiger partial charge on any atom is -0.381 e. The molecule has 2 aliphatic heterocycles. The first-order chi connectivity index (χ1) is 6.38. The molecule has 2 fully saturated rings. The summed E-state index contributed by atoms with van der Waals surface area (Å²) in [5.74, 6) is 0. The lowest BCUT2D eigenvalue weighted by Crippen LogP contribution is -2.24. The summed E-state index contributed by atoms with van der Waals surface area (Å²) in [5.41, 5.74) is 3.24. The molecule has 0 aromatic carbocycles. The van der Waals surface area contributed by atoms with Crippen LogP contribution in [0, 0.1) is 0 Å². The largest absolute Gasteiger partial charge is 0.381 e. The van der Waals surface area contributed by atoms with Crippen LogP contribution < -0.4 is 5.32 Å². The van der Waals surface area contributed by atoms with Crippen LogP contribution in [0.1, 0.15) is 32.6 Å². The SMILES string of the molecule is CC(=C1CCOCC1)C1CCCN1. The summed E-state index contributed by atoms with van der Waals surface area (Å²) in [6.45, 7) is 5.36. The highest BCUT2D eigenvalue weighted by atomic mass is 16.5. The Bertz CT molecular complexity index is 196. The average molecular weight is 181 g/mol. The van der Waals surface area contributed by atoms with Crippen molar-refractivity contribution >= 4 is 0 Å².